The SMILES string of the molecule is CC1CCC(CCC2CCC(c3ccccc3)CC2)CC1. The van der Waals surface area contributed by atoms with Crippen molar-refractivity contribution < 1.29 is 0 Å². The van der Waals surface area contributed by atoms with Crippen LogP contribution in [-0.4, -0.2) is 0 Å². The number of hydrogen-bond acceptors (Lipinski definition) is 0. The third-order valence-electron chi connectivity index (χ3n) is 6.24. The van der Waals surface area contributed by atoms with Crippen LogP contribution in [0.3, 0.4) is 0 Å². The molecule has 2 aliphatic carbocycles. The van der Waals surface area contributed by atoms with Gasteiger partial charge < -0.3 is 0 Å². The molecule has 2 aliphatic rings. The van der Waals surface area contributed by atoms with Crippen molar-refractivity contribution >= 4 is 0 Å². The highest BCUT2D eigenvalue weighted by molar-refractivity contribution is 5.19. The van der Waals surface area contributed by atoms with Crippen LogP contribution in [0, 0.1) is 17.8 Å². The smallest absolute Gasteiger partial charge is 0.0162 e. The van der Waals surface area contributed by atoms with Crippen molar-refractivity contribution in [3.05, 3.63) is 35.9 Å². The van der Waals surface area contributed by atoms with Crippen molar-refractivity contribution in [1.82, 2.24) is 0 Å². The summed E-state index contributed by atoms with van der Waals surface area (Å²) in [7, 11) is 0. The van der Waals surface area contributed by atoms with Crippen molar-refractivity contribution in [2.45, 2.75) is 77.0 Å². The van der Waals surface area contributed by atoms with Crippen molar-refractivity contribution in [1.29, 1.82) is 0 Å². The molecule has 0 amide bonds. The predicted octanol–water partition coefficient (Wildman–Crippen LogP) is 6.57. The van der Waals surface area contributed by atoms with Crippen LogP contribution >= 0.6 is 0 Å². The zero-order valence-electron chi connectivity index (χ0n) is 13.8. The van der Waals surface area contributed by atoms with E-state index in [1.807, 2.05) is 0 Å². The van der Waals surface area contributed by atoms with Gasteiger partial charge in [-0.05, 0) is 54.9 Å². The lowest BCUT2D eigenvalue weighted by Crippen LogP contribution is -2.16. The van der Waals surface area contributed by atoms with Gasteiger partial charge in [0.15, 0.2) is 0 Å². The monoisotopic (exact) mass is 284 g/mol. The zero-order chi connectivity index (χ0) is 14.5. The van der Waals surface area contributed by atoms with Crippen LogP contribution in [0.1, 0.15) is 82.6 Å². The molecule has 0 nitrogen and oxygen atoms in total. The zero-order valence-corrected chi connectivity index (χ0v) is 13.8. The normalized spacial score (nSPS) is 33.8. The molecule has 116 valence electrons. The molecule has 0 heterocycles. The Kier molecular flexibility index (Phi) is 5.38. The molecule has 21 heavy (non-hydrogen) atoms. The van der Waals surface area contributed by atoms with Gasteiger partial charge in [0.25, 0.3) is 0 Å². The van der Waals surface area contributed by atoms with E-state index in [0.717, 1.165) is 23.7 Å². The Labute approximate surface area is 131 Å². The molecule has 0 aliphatic heterocycles. The highest BCUT2D eigenvalue weighted by Gasteiger charge is 2.24. The molecule has 0 spiro atoms. The number of hydrogen-bond donors (Lipinski definition) is 0. The molecule has 0 radical (unpaired) electrons. The summed E-state index contributed by atoms with van der Waals surface area (Å²) in [4.78, 5) is 0. The van der Waals surface area contributed by atoms with Gasteiger partial charge in [0, 0.05) is 0 Å². The summed E-state index contributed by atoms with van der Waals surface area (Å²) >= 11 is 0. The Morgan fingerprint density at radius 3 is 1.81 bits per heavy atom. The maximum atomic E-state index is 2.43. The second-order valence-electron chi connectivity index (χ2n) is 7.83. The molecule has 0 aromatic heterocycles. The van der Waals surface area contributed by atoms with Crippen molar-refractivity contribution in [3.63, 3.8) is 0 Å². The molecule has 3 rings (SSSR count). The van der Waals surface area contributed by atoms with Gasteiger partial charge in [-0.15, -0.1) is 0 Å². The standard InChI is InChI=1S/C21H32/c1-17-7-9-18(10-8-17)11-12-19-13-15-21(16-14-19)20-5-3-2-4-6-20/h2-6,17-19,21H,7-16H2,1H3. The summed E-state index contributed by atoms with van der Waals surface area (Å²) in [6, 6.07) is 11.2. The summed E-state index contributed by atoms with van der Waals surface area (Å²) < 4.78 is 0. The summed E-state index contributed by atoms with van der Waals surface area (Å²) in [5, 5.41) is 0. The Balaban J connectivity index is 1.38. The lowest BCUT2D eigenvalue weighted by molar-refractivity contribution is 0.237. The van der Waals surface area contributed by atoms with Crippen LogP contribution < -0.4 is 0 Å². The molecule has 0 unspecified atom stereocenters. The average molecular weight is 284 g/mol. The van der Waals surface area contributed by atoms with Crippen molar-refractivity contribution in [3.8, 4) is 0 Å². The molecule has 0 atom stereocenters. The van der Waals surface area contributed by atoms with Gasteiger partial charge in [-0.2, -0.15) is 0 Å². The average Bonchev–Trinajstić information content (AvgIpc) is 2.56. The van der Waals surface area contributed by atoms with E-state index in [0.29, 0.717) is 0 Å². The molecule has 0 saturated heterocycles. The fourth-order valence-electron chi connectivity index (χ4n) is 4.60. The number of benzene rings is 1. The Bertz CT molecular complexity index is 391. The summed E-state index contributed by atoms with van der Waals surface area (Å²) in [5.74, 6) is 3.94. The molecular formula is C21H32. The largest absolute Gasteiger partial charge is 0.0625 e. The third-order valence-corrected chi connectivity index (χ3v) is 6.24. The molecular weight excluding hydrogens is 252 g/mol. The van der Waals surface area contributed by atoms with E-state index in [1.54, 1.807) is 5.56 Å². The molecule has 0 N–H and O–H groups in total. The van der Waals surface area contributed by atoms with Crippen molar-refractivity contribution in [2.24, 2.45) is 17.8 Å². The molecule has 2 fully saturated rings. The minimum Gasteiger partial charge on any atom is -0.0625 e. The first-order valence-electron chi connectivity index (χ1n) is 9.36. The van der Waals surface area contributed by atoms with Crippen LogP contribution in [-0.2, 0) is 0 Å². The molecule has 0 bridgehead atoms. The van der Waals surface area contributed by atoms with E-state index >= 15 is 0 Å². The van der Waals surface area contributed by atoms with Gasteiger partial charge >= 0.3 is 0 Å². The highest BCUT2D eigenvalue weighted by atomic mass is 14.3. The highest BCUT2D eigenvalue weighted by Crippen LogP contribution is 2.39. The minimum absolute atomic E-state index is 0.845. The van der Waals surface area contributed by atoms with Gasteiger partial charge in [0.2, 0.25) is 0 Å². The lowest BCUT2D eigenvalue weighted by Gasteiger charge is -2.31. The first-order valence-corrected chi connectivity index (χ1v) is 9.36. The summed E-state index contributed by atoms with van der Waals surface area (Å²) in [6.45, 7) is 2.43. The Morgan fingerprint density at radius 2 is 1.24 bits per heavy atom. The van der Waals surface area contributed by atoms with E-state index in [2.05, 4.69) is 37.3 Å². The topological polar surface area (TPSA) is 0 Å². The first kappa shape index (κ1) is 15.1. The van der Waals surface area contributed by atoms with Crippen LogP contribution in [0.2, 0.25) is 0 Å². The van der Waals surface area contributed by atoms with Gasteiger partial charge in [-0.25, -0.2) is 0 Å². The van der Waals surface area contributed by atoms with Gasteiger partial charge in [-0.1, -0.05) is 75.8 Å². The van der Waals surface area contributed by atoms with Crippen LogP contribution in [0.4, 0.5) is 0 Å². The second kappa shape index (κ2) is 7.47. The predicted molar refractivity (Wildman–Crippen MR) is 91.5 cm³/mol. The van der Waals surface area contributed by atoms with E-state index < -0.39 is 0 Å². The Hall–Kier alpha value is -0.780. The summed E-state index contributed by atoms with van der Waals surface area (Å²) in [5.41, 5.74) is 1.58. The fourth-order valence-corrected chi connectivity index (χ4v) is 4.60. The molecule has 1 aromatic rings. The molecule has 1 aromatic carbocycles. The van der Waals surface area contributed by atoms with Crippen LogP contribution in [0.25, 0.3) is 0 Å². The quantitative estimate of drug-likeness (QED) is 0.586. The maximum Gasteiger partial charge on any atom is -0.0162 e. The van der Waals surface area contributed by atoms with E-state index in [4.69, 9.17) is 0 Å². The van der Waals surface area contributed by atoms with Gasteiger partial charge in [-0.3, -0.25) is 0 Å². The van der Waals surface area contributed by atoms with Crippen molar-refractivity contribution in [2.75, 3.05) is 0 Å². The fraction of sp³-hybridized carbons (Fsp3) is 0.714. The molecule has 0 heteroatoms. The Morgan fingerprint density at radius 1 is 0.714 bits per heavy atom. The molecule has 2 saturated carbocycles. The first-order chi connectivity index (χ1) is 10.3. The lowest BCUT2D eigenvalue weighted by atomic mass is 9.74. The third kappa shape index (κ3) is 4.34. The number of rotatable bonds is 4. The van der Waals surface area contributed by atoms with Gasteiger partial charge in [0.05, 0.1) is 0 Å². The van der Waals surface area contributed by atoms with E-state index in [-0.39, 0.29) is 0 Å². The summed E-state index contributed by atoms with van der Waals surface area (Å²) in [6.07, 6.45) is 14.9. The van der Waals surface area contributed by atoms with Crippen LogP contribution in [0.15, 0.2) is 30.3 Å². The second-order valence-corrected chi connectivity index (χ2v) is 7.83. The minimum atomic E-state index is 0.845. The van der Waals surface area contributed by atoms with E-state index in [9.17, 15) is 0 Å². The van der Waals surface area contributed by atoms with Gasteiger partial charge in [0.1, 0.15) is 0 Å². The maximum absolute atomic E-state index is 2.43. The van der Waals surface area contributed by atoms with Crippen LogP contribution in [0.5, 0.6) is 0 Å². The van der Waals surface area contributed by atoms with E-state index in [1.165, 1.54) is 64.2 Å².